The summed E-state index contributed by atoms with van der Waals surface area (Å²) in [5.41, 5.74) is 4.01. The van der Waals surface area contributed by atoms with Crippen LogP contribution in [0.25, 0.3) is 0 Å². The van der Waals surface area contributed by atoms with Crippen LogP contribution in [0.15, 0.2) is 52.3 Å². The van der Waals surface area contributed by atoms with E-state index in [1.165, 1.54) is 39.6 Å². The number of fused-ring (bicyclic) bond motifs is 2. The van der Waals surface area contributed by atoms with Crippen molar-refractivity contribution in [3.63, 3.8) is 0 Å². The lowest BCUT2D eigenvalue weighted by molar-refractivity contribution is 0.714. The van der Waals surface area contributed by atoms with Gasteiger partial charge in [-0.1, -0.05) is 36.4 Å². The lowest BCUT2D eigenvalue weighted by Crippen LogP contribution is -2.22. The molecule has 3 rings (SSSR count). The van der Waals surface area contributed by atoms with Crippen molar-refractivity contribution in [2.45, 2.75) is 36.0 Å². The quantitative estimate of drug-likeness (QED) is 0.491. The molecule has 0 saturated heterocycles. The molecule has 110 valence electrons. The van der Waals surface area contributed by atoms with Crippen molar-refractivity contribution in [3.05, 3.63) is 48.0 Å². The monoisotopic (exact) mass is 317 g/mol. The molecule has 21 heavy (non-hydrogen) atoms. The number of aryl methyl sites for hydroxylation is 1. The molecule has 0 unspecified atom stereocenters. The number of rotatable bonds is 5. The summed E-state index contributed by atoms with van der Waals surface area (Å²) in [5.74, 6) is 0.766. The van der Waals surface area contributed by atoms with E-state index in [0.29, 0.717) is 0 Å². The number of halogens is 1. The van der Waals surface area contributed by atoms with Gasteiger partial charge in [-0.05, 0) is 49.6 Å². The van der Waals surface area contributed by atoms with Gasteiger partial charge < -0.3 is 4.90 Å². The zero-order valence-corrected chi connectivity index (χ0v) is 13.9. The van der Waals surface area contributed by atoms with Crippen LogP contribution >= 0.6 is 23.4 Å². The minimum atomic E-state index is 0.766. The zero-order valence-electron chi connectivity index (χ0n) is 12.3. The summed E-state index contributed by atoms with van der Waals surface area (Å²) in [4.78, 5) is 5.19. The van der Waals surface area contributed by atoms with E-state index in [1.54, 1.807) is 0 Å². The number of hydrogen-bond acceptors (Lipinski definition) is 2. The number of benzene rings is 2. The highest BCUT2D eigenvalue weighted by atomic mass is 35.5. The van der Waals surface area contributed by atoms with E-state index >= 15 is 0 Å². The number of hydrogen-bond donors (Lipinski definition) is 0. The number of anilines is 2. The molecular weight excluding hydrogens is 298 g/mol. The number of para-hydroxylation sites is 1. The van der Waals surface area contributed by atoms with Crippen LogP contribution in [0.1, 0.15) is 24.8 Å². The van der Waals surface area contributed by atoms with E-state index in [4.69, 9.17) is 11.6 Å². The normalized spacial score (nSPS) is 13.0. The summed E-state index contributed by atoms with van der Waals surface area (Å²) >= 11 is 7.66. The van der Waals surface area contributed by atoms with Gasteiger partial charge in [0.15, 0.2) is 0 Å². The van der Waals surface area contributed by atoms with Crippen LogP contribution in [-0.2, 0) is 0 Å². The minimum Gasteiger partial charge on any atom is -0.340 e. The Morgan fingerprint density at radius 1 is 0.952 bits per heavy atom. The van der Waals surface area contributed by atoms with Crippen LogP contribution in [-0.4, -0.2) is 12.4 Å². The molecule has 0 saturated carbocycles. The highest BCUT2D eigenvalue weighted by Gasteiger charge is 2.22. The molecule has 0 N–H and O–H groups in total. The summed E-state index contributed by atoms with van der Waals surface area (Å²) in [6, 6.07) is 15.5. The van der Waals surface area contributed by atoms with E-state index in [2.05, 4.69) is 54.3 Å². The van der Waals surface area contributed by atoms with Gasteiger partial charge in [0.2, 0.25) is 0 Å². The van der Waals surface area contributed by atoms with E-state index in [0.717, 1.165) is 18.8 Å². The Hall–Kier alpha value is -1.12. The van der Waals surface area contributed by atoms with Crippen molar-refractivity contribution in [3.8, 4) is 0 Å². The Morgan fingerprint density at radius 2 is 1.76 bits per heavy atom. The summed E-state index contributed by atoms with van der Waals surface area (Å²) < 4.78 is 0. The molecule has 0 atom stereocenters. The molecule has 1 aliphatic rings. The van der Waals surface area contributed by atoms with Gasteiger partial charge in [0, 0.05) is 22.2 Å². The fourth-order valence-corrected chi connectivity index (χ4v) is 3.99. The first kappa shape index (κ1) is 14.8. The molecule has 1 nitrogen and oxygen atoms in total. The first-order valence-electron chi connectivity index (χ1n) is 7.50. The van der Waals surface area contributed by atoms with Crippen molar-refractivity contribution in [1.29, 1.82) is 0 Å². The van der Waals surface area contributed by atoms with Crippen LogP contribution < -0.4 is 4.90 Å². The Bertz CT molecular complexity index is 626. The number of nitrogens with zero attached hydrogens (tertiary/aromatic N) is 1. The van der Waals surface area contributed by atoms with Gasteiger partial charge in [-0.25, -0.2) is 0 Å². The molecule has 3 heteroatoms. The van der Waals surface area contributed by atoms with Crippen LogP contribution in [0, 0.1) is 6.92 Å². The lowest BCUT2D eigenvalue weighted by Gasteiger charge is -2.33. The second-order valence-electron chi connectivity index (χ2n) is 5.44. The zero-order chi connectivity index (χ0) is 14.7. The molecule has 0 aromatic heterocycles. The third-order valence-electron chi connectivity index (χ3n) is 3.80. The standard InChI is InChI=1S/C18H20ClNS/c1-14-9-10-18-16(13-14)20(12-6-2-5-11-19)15-7-3-4-8-17(15)21-18/h3-4,7-10,13H,2,5-6,11-12H2,1H3. The Morgan fingerprint density at radius 3 is 2.62 bits per heavy atom. The van der Waals surface area contributed by atoms with Crippen molar-refractivity contribution in [2.75, 3.05) is 17.3 Å². The molecule has 0 amide bonds. The lowest BCUT2D eigenvalue weighted by atomic mass is 10.1. The van der Waals surface area contributed by atoms with Crippen molar-refractivity contribution in [2.24, 2.45) is 0 Å². The molecule has 1 heterocycles. The van der Waals surface area contributed by atoms with Crippen molar-refractivity contribution >= 4 is 34.7 Å². The summed E-state index contributed by atoms with van der Waals surface area (Å²) in [6.07, 6.45) is 3.47. The van der Waals surface area contributed by atoms with E-state index in [9.17, 15) is 0 Å². The maximum atomic E-state index is 5.79. The third kappa shape index (κ3) is 3.22. The predicted molar refractivity (Wildman–Crippen MR) is 93.3 cm³/mol. The highest BCUT2D eigenvalue weighted by Crippen LogP contribution is 2.48. The van der Waals surface area contributed by atoms with E-state index in [1.807, 2.05) is 11.8 Å². The average Bonchev–Trinajstić information content (AvgIpc) is 2.51. The topological polar surface area (TPSA) is 3.24 Å². The molecular formula is C18H20ClNS. The first-order chi connectivity index (χ1) is 10.3. The third-order valence-corrected chi connectivity index (χ3v) is 5.19. The molecule has 0 spiro atoms. The van der Waals surface area contributed by atoms with Crippen molar-refractivity contribution < 1.29 is 0 Å². The van der Waals surface area contributed by atoms with Gasteiger partial charge in [-0.15, -0.1) is 11.6 Å². The van der Waals surface area contributed by atoms with Crippen LogP contribution in [0.3, 0.4) is 0 Å². The molecule has 2 aromatic rings. The number of alkyl halides is 1. The fraction of sp³-hybridized carbons (Fsp3) is 0.333. The largest absolute Gasteiger partial charge is 0.340 e. The maximum Gasteiger partial charge on any atom is 0.0555 e. The summed E-state index contributed by atoms with van der Waals surface area (Å²) in [5, 5.41) is 0. The maximum absolute atomic E-state index is 5.79. The average molecular weight is 318 g/mol. The Labute approximate surface area is 136 Å². The van der Waals surface area contributed by atoms with E-state index < -0.39 is 0 Å². The molecule has 0 radical (unpaired) electrons. The van der Waals surface area contributed by atoms with Gasteiger partial charge in [0.05, 0.1) is 11.4 Å². The molecule has 0 aliphatic carbocycles. The summed E-state index contributed by atoms with van der Waals surface area (Å²) in [7, 11) is 0. The summed E-state index contributed by atoms with van der Waals surface area (Å²) in [6.45, 7) is 3.22. The molecule has 2 aromatic carbocycles. The second kappa shape index (κ2) is 6.76. The van der Waals surface area contributed by atoms with Gasteiger partial charge in [0.1, 0.15) is 0 Å². The Balaban J connectivity index is 1.91. The number of unbranched alkanes of at least 4 members (excludes halogenated alkanes) is 2. The first-order valence-corrected chi connectivity index (χ1v) is 8.86. The van der Waals surface area contributed by atoms with Gasteiger partial charge in [-0.2, -0.15) is 0 Å². The second-order valence-corrected chi connectivity index (χ2v) is 6.90. The minimum absolute atomic E-state index is 0.766. The highest BCUT2D eigenvalue weighted by molar-refractivity contribution is 7.99. The van der Waals surface area contributed by atoms with Crippen LogP contribution in [0.4, 0.5) is 11.4 Å². The van der Waals surface area contributed by atoms with Gasteiger partial charge in [0.25, 0.3) is 0 Å². The van der Waals surface area contributed by atoms with Crippen molar-refractivity contribution in [1.82, 2.24) is 0 Å². The fourth-order valence-electron chi connectivity index (χ4n) is 2.72. The van der Waals surface area contributed by atoms with Crippen LogP contribution in [0.5, 0.6) is 0 Å². The molecule has 0 fully saturated rings. The van der Waals surface area contributed by atoms with Gasteiger partial charge >= 0.3 is 0 Å². The van der Waals surface area contributed by atoms with Crippen LogP contribution in [0.2, 0.25) is 0 Å². The smallest absolute Gasteiger partial charge is 0.0555 e. The van der Waals surface area contributed by atoms with E-state index in [-0.39, 0.29) is 0 Å². The Kier molecular flexibility index (Phi) is 4.77. The SMILES string of the molecule is Cc1ccc2c(c1)N(CCCCCCl)c1ccccc1S2. The molecule has 1 aliphatic heterocycles. The van der Waals surface area contributed by atoms with Gasteiger partial charge in [-0.3, -0.25) is 0 Å². The predicted octanol–water partition coefficient (Wildman–Crippen LogP) is 6.01. The molecule has 0 bridgehead atoms.